The van der Waals surface area contributed by atoms with Crippen molar-refractivity contribution in [2.45, 2.75) is 25.6 Å². The number of likely N-dealkylation sites (N-methyl/N-ethyl adjacent to an activating group) is 1. The average Bonchev–Trinajstić information content (AvgIpc) is 2.97. The normalized spacial score (nSPS) is 15.8. The highest BCUT2D eigenvalue weighted by Crippen LogP contribution is 2.26. The summed E-state index contributed by atoms with van der Waals surface area (Å²) in [5, 5.41) is 4.84. The lowest BCUT2D eigenvalue weighted by atomic mass is 10.0. The number of carbonyl (C=O) groups is 3. The number of rotatable bonds is 6. The first-order chi connectivity index (χ1) is 17.7. The SMILES string of the molecule is C[C@H](NC(=O)Cc1c(F)cc(F)cc1F)C(=O)NC1N=C(c2ccccn2)c2ccccc2N(C)C1=O. The zero-order valence-electron chi connectivity index (χ0n) is 19.8. The van der Waals surface area contributed by atoms with E-state index in [0.717, 1.165) is 0 Å². The van der Waals surface area contributed by atoms with Crippen molar-refractivity contribution in [1.82, 2.24) is 15.6 Å². The molecule has 11 heteroatoms. The quantitative estimate of drug-likeness (QED) is 0.533. The highest BCUT2D eigenvalue weighted by molar-refractivity contribution is 6.19. The van der Waals surface area contributed by atoms with Crippen LogP contribution in [0, 0.1) is 17.5 Å². The standard InChI is InChI=1S/C26H22F3N5O3/c1-14(31-22(35)13-17-18(28)11-15(27)12-19(17)29)25(36)33-24-26(37)34(2)21-9-4-3-7-16(21)23(32-24)20-8-5-6-10-30-20/h3-12,14,24H,13H2,1-2H3,(H,31,35)(H,33,36)/t14-,24?/m0/s1. The fourth-order valence-electron chi connectivity index (χ4n) is 3.84. The maximum Gasteiger partial charge on any atom is 0.272 e. The predicted molar refractivity (Wildman–Crippen MR) is 129 cm³/mol. The van der Waals surface area contributed by atoms with E-state index >= 15 is 0 Å². The third-order valence-electron chi connectivity index (χ3n) is 5.74. The van der Waals surface area contributed by atoms with Gasteiger partial charge in [-0.05, 0) is 25.1 Å². The summed E-state index contributed by atoms with van der Waals surface area (Å²) >= 11 is 0. The molecule has 0 bridgehead atoms. The van der Waals surface area contributed by atoms with Gasteiger partial charge in [0.25, 0.3) is 5.91 Å². The minimum Gasteiger partial charge on any atom is -0.344 e. The third kappa shape index (κ3) is 5.50. The highest BCUT2D eigenvalue weighted by atomic mass is 19.1. The van der Waals surface area contributed by atoms with Gasteiger partial charge in [0.1, 0.15) is 23.5 Å². The van der Waals surface area contributed by atoms with Gasteiger partial charge in [-0.25, -0.2) is 18.2 Å². The monoisotopic (exact) mass is 509 g/mol. The van der Waals surface area contributed by atoms with Gasteiger partial charge in [0.15, 0.2) is 0 Å². The van der Waals surface area contributed by atoms with Crippen molar-refractivity contribution in [3.05, 3.63) is 95.1 Å². The minimum atomic E-state index is -1.34. The number of pyridine rings is 1. The number of nitrogens with one attached hydrogen (secondary N) is 2. The lowest BCUT2D eigenvalue weighted by molar-refractivity contribution is -0.130. The molecule has 0 saturated carbocycles. The zero-order chi connectivity index (χ0) is 26.7. The Labute approximate surface area is 210 Å². The molecule has 1 unspecified atom stereocenters. The second-order valence-electron chi connectivity index (χ2n) is 8.33. The molecule has 2 heterocycles. The van der Waals surface area contributed by atoms with Gasteiger partial charge in [0.2, 0.25) is 18.0 Å². The van der Waals surface area contributed by atoms with E-state index in [-0.39, 0.29) is 0 Å². The number of hydrogen-bond acceptors (Lipinski definition) is 5. The van der Waals surface area contributed by atoms with Gasteiger partial charge in [-0.2, -0.15) is 0 Å². The van der Waals surface area contributed by atoms with Crippen LogP contribution in [0.2, 0.25) is 0 Å². The molecule has 190 valence electrons. The van der Waals surface area contributed by atoms with E-state index in [4.69, 9.17) is 0 Å². The third-order valence-corrected chi connectivity index (χ3v) is 5.74. The van der Waals surface area contributed by atoms with E-state index in [1.165, 1.54) is 11.8 Å². The first-order valence-corrected chi connectivity index (χ1v) is 11.2. The van der Waals surface area contributed by atoms with Crippen LogP contribution in [0.15, 0.2) is 65.8 Å². The summed E-state index contributed by atoms with van der Waals surface area (Å²) in [4.78, 5) is 48.6. The Kier molecular flexibility index (Phi) is 7.32. The average molecular weight is 509 g/mol. The van der Waals surface area contributed by atoms with Gasteiger partial charge in [-0.1, -0.05) is 24.3 Å². The number of halogens is 3. The Hall–Kier alpha value is -4.54. The van der Waals surface area contributed by atoms with Crippen molar-refractivity contribution < 1.29 is 27.6 Å². The van der Waals surface area contributed by atoms with Gasteiger partial charge in [-0.3, -0.25) is 19.4 Å². The van der Waals surface area contributed by atoms with E-state index in [0.29, 0.717) is 34.8 Å². The van der Waals surface area contributed by atoms with Gasteiger partial charge >= 0.3 is 0 Å². The number of benzodiazepines with no additional fused rings is 1. The maximum atomic E-state index is 13.9. The molecular formula is C26H22F3N5O3. The number of aliphatic imine (C=N–C) groups is 1. The Morgan fingerprint density at radius 1 is 1.05 bits per heavy atom. The number of hydrogen-bond donors (Lipinski definition) is 2. The molecule has 0 aliphatic carbocycles. The summed E-state index contributed by atoms with van der Waals surface area (Å²) in [7, 11) is 1.55. The van der Waals surface area contributed by atoms with Crippen molar-refractivity contribution in [3.8, 4) is 0 Å². The Morgan fingerprint density at radius 2 is 1.73 bits per heavy atom. The van der Waals surface area contributed by atoms with Crippen LogP contribution in [-0.2, 0) is 20.8 Å². The van der Waals surface area contributed by atoms with Crippen LogP contribution in [0.25, 0.3) is 0 Å². The summed E-state index contributed by atoms with van der Waals surface area (Å²) in [5.74, 6) is -5.70. The largest absolute Gasteiger partial charge is 0.344 e. The molecule has 0 radical (unpaired) electrons. The van der Waals surface area contributed by atoms with E-state index in [9.17, 15) is 27.6 Å². The summed E-state index contributed by atoms with van der Waals surface area (Å²) in [5.41, 5.74) is 1.45. The van der Waals surface area contributed by atoms with Gasteiger partial charge in [0.05, 0.1) is 23.5 Å². The van der Waals surface area contributed by atoms with E-state index in [1.54, 1.807) is 55.7 Å². The van der Waals surface area contributed by atoms with E-state index < -0.39 is 59.4 Å². The molecule has 3 aromatic rings. The van der Waals surface area contributed by atoms with Gasteiger partial charge in [-0.15, -0.1) is 0 Å². The number of benzene rings is 2. The fourth-order valence-corrected chi connectivity index (χ4v) is 3.84. The predicted octanol–water partition coefficient (Wildman–Crippen LogP) is 2.50. The summed E-state index contributed by atoms with van der Waals surface area (Å²) in [6.07, 6.45) is -0.513. The molecular weight excluding hydrogens is 487 g/mol. The number of anilines is 1. The highest BCUT2D eigenvalue weighted by Gasteiger charge is 2.32. The van der Waals surface area contributed by atoms with Crippen LogP contribution < -0.4 is 15.5 Å². The summed E-state index contributed by atoms with van der Waals surface area (Å²) in [6, 6.07) is 12.0. The molecule has 0 saturated heterocycles. The minimum absolute atomic E-state index is 0.387. The molecule has 1 aliphatic rings. The van der Waals surface area contributed by atoms with Crippen LogP contribution >= 0.6 is 0 Å². The second-order valence-corrected chi connectivity index (χ2v) is 8.33. The van der Waals surface area contributed by atoms with E-state index in [1.807, 2.05) is 0 Å². The number of amides is 3. The molecule has 3 amide bonds. The molecule has 2 atom stereocenters. The van der Waals surface area contributed by atoms with E-state index in [2.05, 4.69) is 20.6 Å². The number of para-hydroxylation sites is 1. The van der Waals surface area contributed by atoms with Gasteiger partial charge < -0.3 is 15.5 Å². The van der Waals surface area contributed by atoms with Gasteiger partial charge in [0, 0.05) is 36.5 Å². The summed E-state index contributed by atoms with van der Waals surface area (Å²) in [6.45, 7) is 1.34. The van der Waals surface area contributed by atoms with Crippen LogP contribution in [0.4, 0.5) is 18.9 Å². The molecule has 1 aliphatic heterocycles. The number of nitrogens with zero attached hydrogens (tertiary/aromatic N) is 3. The molecule has 1 aromatic heterocycles. The van der Waals surface area contributed by atoms with Crippen molar-refractivity contribution in [1.29, 1.82) is 0 Å². The van der Waals surface area contributed by atoms with Crippen LogP contribution in [0.3, 0.4) is 0 Å². The Morgan fingerprint density at radius 3 is 2.41 bits per heavy atom. The van der Waals surface area contributed by atoms with Crippen molar-refractivity contribution in [3.63, 3.8) is 0 Å². The molecule has 2 aromatic carbocycles. The smallest absolute Gasteiger partial charge is 0.272 e. The maximum absolute atomic E-state index is 13.9. The second kappa shape index (κ2) is 10.6. The number of fused-ring (bicyclic) bond motifs is 1. The first-order valence-electron chi connectivity index (χ1n) is 11.2. The lowest BCUT2D eigenvalue weighted by Crippen LogP contribution is -2.52. The van der Waals surface area contributed by atoms with Crippen molar-refractivity contribution in [2.75, 3.05) is 11.9 Å². The summed E-state index contributed by atoms with van der Waals surface area (Å²) < 4.78 is 40.9. The van der Waals surface area contributed by atoms with Crippen LogP contribution in [-0.4, -0.2) is 47.7 Å². The zero-order valence-corrected chi connectivity index (χ0v) is 19.8. The van der Waals surface area contributed by atoms with Crippen LogP contribution in [0.1, 0.15) is 23.7 Å². The Balaban J connectivity index is 1.54. The molecule has 4 rings (SSSR count). The number of carbonyl (C=O) groups excluding carboxylic acids is 3. The Bertz CT molecular complexity index is 1370. The molecule has 8 nitrogen and oxygen atoms in total. The van der Waals surface area contributed by atoms with Crippen LogP contribution in [0.5, 0.6) is 0 Å². The molecule has 2 N–H and O–H groups in total. The molecule has 0 fully saturated rings. The lowest BCUT2D eigenvalue weighted by Gasteiger charge is -2.22. The molecule has 37 heavy (non-hydrogen) atoms. The van der Waals surface area contributed by atoms with Crippen molar-refractivity contribution >= 4 is 29.1 Å². The fraction of sp³-hybridized carbons (Fsp3) is 0.192. The number of aromatic nitrogens is 1. The topological polar surface area (TPSA) is 104 Å². The molecule has 0 spiro atoms. The van der Waals surface area contributed by atoms with Crippen molar-refractivity contribution in [2.24, 2.45) is 4.99 Å². The first kappa shape index (κ1) is 25.5.